The minimum absolute atomic E-state index is 0.268. The van der Waals surface area contributed by atoms with Gasteiger partial charge >= 0.3 is 13.5 Å². The summed E-state index contributed by atoms with van der Waals surface area (Å²) in [5.41, 5.74) is 1.32. The van der Waals surface area contributed by atoms with Crippen LogP contribution in [0.2, 0.25) is 5.82 Å². The Morgan fingerprint density at radius 1 is 1.57 bits per heavy atom. The summed E-state index contributed by atoms with van der Waals surface area (Å²) in [5.74, 6) is 0.623. The minimum Gasteiger partial charge on any atom is -0.562 e. The summed E-state index contributed by atoms with van der Waals surface area (Å²) in [5, 5.41) is 8.95. The van der Waals surface area contributed by atoms with Crippen molar-refractivity contribution in [2.24, 2.45) is 0 Å². The molecule has 2 unspecified atom stereocenters. The highest BCUT2D eigenvalue weighted by Crippen LogP contribution is 2.58. The fraction of sp³-hybridized carbons (Fsp3) is 0.300. The van der Waals surface area contributed by atoms with Gasteiger partial charge in [-0.3, -0.25) is 0 Å². The molecule has 1 aromatic rings. The molecule has 3 rings (SSSR count). The summed E-state index contributed by atoms with van der Waals surface area (Å²) in [7, 11) is 1.76. The maximum Gasteiger partial charge on any atom is 0.373 e. The topological polar surface area (TPSA) is 46.5 Å². The molecule has 1 aliphatic carbocycles. The van der Waals surface area contributed by atoms with Crippen LogP contribution in [0.15, 0.2) is 18.2 Å². The van der Waals surface area contributed by atoms with Crippen molar-refractivity contribution in [3.8, 4) is 5.75 Å². The zero-order valence-electron chi connectivity index (χ0n) is 7.43. The van der Waals surface area contributed by atoms with Crippen molar-refractivity contribution in [3.05, 3.63) is 29.3 Å². The molecule has 1 N–H and O–H groups in total. The second-order valence-electron chi connectivity index (χ2n) is 3.79. The molecule has 0 amide bonds. The van der Waals surface area contributed by atoms with Gasteiger partial charge in [-0.1, -0.05) is 12.1 Å². The molecular weight excluding hydrogens is 179 g/mol. The van der Waals surface area contributed by atoms with Crippen LogP contribution in [0.5, 0.6) is 5.75 Å². The molecule has 69 valence electrons. The van der Waals surface area contributed by atoms with Gasteiger partial charge in [0.15, 0.2) is 0 Å². The van der Waals surface area contributed by atoms with Gasteiger partial charge in [0, 0.05) is 0 Å². The van der Waals surface area contributed by atoms with Gasteiger partial charge in [-0.15, -0.1) is 0 Å². The van der Waals surface area contributed by atoms with Gasteiger partial charge in [-0.2, -0.15) is 0 Å². The Morgan fingerprint density at radius 3 is 3.21 bits per heavy atom. The quantitative estimate of drug-likeness (QED) is 0.680. The van der Waals surface area contributed by atoms with E-state index in [1.54, 1.807) is 19.6 Å². The minimum atomic E-state index is -0.922. The summed E-state index contributed by atoms with van der Waals surface area (Å²) in [6.45, 7) is 0. The molecule has 0 spiro atoms. The molecule has 2 aliphatic rings. The third kappa shape index (κ3) is 0.968. The number of rotatable bonds is 1. The van der Waals surface area contributed by atoms with Crippen LogP contribution in [0, 0.1) is 0 Å². The van der Waals surface area contributed by atoms with E-state index in [0.717, 1.165) is 12.0 Å². The Hall–Kier alpha value is -1.45. The molecule has 1 aliphatic heterocycles. The van der Waals surface area contributed by atoms with Crippen LogP contribution in [0.4, 0.5) is 0 Å². The average molecular weight is 187 g/mol. The van der Waals surface area contributed by atoms with Crippen LogP contribution in [0.25, 0.3) is 0 Å². The lowest BCUT2D eigenvalue weighted by atomic mass is 9.84. The fourth-order valence-electron chi connectivity index (χ4n) is 2.02. The molecule has 1 saturated carbocycles. The first-order chi connectivity index (χ1) is 6.77. The highest BCUT2D eigenvalue weighted by molar-refractivity contribution is 6.34. The van der Waals surface area contributed by atoms with Gasteiger partial charge in [-0.05, 0) is 29.8 Å². The maximum absolute atomic E-state index is 10.9. The third-order valence-electron chi connectivity index (χ3n) is 2.88. The van der Waals surface area contributed by atoms with Gasteiger partial charge in [0.05, 0.1) is 5.56 Å². The molecular formula is C10H8BO3. The van der Waals surface area contributed by atoms with E-state index in [9.17, 15) is 4.79 Å². The van der Waals surface area contributed by atoms with Crippen LogP contribution in [0.1, 0.15) is 28.3 Å². The molecule has 2 atom stereocenters. The number of carboxylic acids is 1. The molecule has 3 nitrogen and oxygen atoms in total. The summed E-state index contributed by atoms with van der Waals surface area (Å²) < 4.78 is 5.36. The first kappa shape index (κ1) is 7.91. The number of hydrogen-bond acceptors (Lipinski definition) is 2. The normalized spacial score (nSPS) is 26.6. The van der Waals surface area contributed by atoms with E-state index in [1.807, 2.05) is 6.07 Å². The van der Waals surface area contributed by atoms with Crippen LogP contribution in [0.3, 0.4) is 0 Å². The van der Waals surface area contributed by atoms with Crippen LogP contribution >= 0.6 is 0 Å². The Morgan fingerprint density at radius 2 is 2.43 bits per heavy atom. The number of para-hydroxylation sites is 1. The summed E-state index contributed by atoms with van der Waals surface area (Å²) in [4.78, 5) is 10.9. The van der Waals surface area contributed by atoms with Crippen molar-refractivity contribution < 1.29 is 14.6 Å². The molecule has 0 bridgehead atoms. The van der Waals surface area contributed by atoms with Crippen molar-refractivity contribution in [1.82, 2.24) is 0 Å². The smallest absolute Gasteiger partial charge is 0.373 e. The molecule has 14 heavy (non-hydrogen) atoms. The van der Waals surface area contributed by atoms with Crippen molar-refractivity contribution in [2.45, 2.75) is 18.2 Å². The molecule has 1 aromatic carbocycles. The van der Waals surface area contributed by atoms with Crippen LogP contribution in [-0.4, -0.2) is 18.6 Å². The summed E-state index contributed by atoms with van der Waals surface area (Å²) in [6.07, 6.45) is 1.09. The van der Waals surface area contributed by atoms with E-state index in [0.29, 0.717) is 17.5 Å². The predicted octanol–water partition coefficient (Wildman–Crippen LogP) is 1.67. The molecule has 0 aromatic heterocycles. The fourth-order valence-corrected chi connectivity index (χ4v) is 2.02. The van der Waals surface area contributed by atoms with Crippen molar-refractivity contribution in [2.75, 3.05) is 0 Å². The highest BCUT2D eigenvalue weighted by atomic mass is 16.4. The number of carbonyl (C=O) groups is 1. The van der Waals surface area contributed by atoms with E-state index in [4.69, 9.17) is 9.76 Å². The Labute approximate surface area is 82.0 Å². The number of hydrogen-bond donors (Lipinski definition) is 1. The molecule has 0 saturated heterocycles. The standard InChI is InChI=1S/C10H8BO3/c12-10(13)6-3-1-2-5-7-4-8(7)11-14-9(5)6/h1-3,7-8H,4H2,(H,12,13). The third-order valence-corrected chi connectivity index (χ3v) is 2.88. The van der Waals surface area contributed by atoms with Gasteiger partial charge in [0.2, 0.25) is 0 Å². The SMILES string of the molecule is O=C(O)c1cccc2c1O[B]C1CC21. The summed E-state index contributed by atoms with van der Waals surface area (Å²) >= 11 is 0. The lowest BCUT2D eigenvalue weighted by Gasteiger charge is -2.17. The highest BCUT2D eigenvalue weighted by Gasteiger charge is 2.46. The zero-order valence-corrected chi connectivity index (χ0v) is 7.43. The maximum atomic E-state index is 10.9. The monoisotopic (exact) mass is 187 g/mol. The van der Waals surface area contributed by atoms with E-state index in [2.05, 4.69) is 0 Å². The van der Waals surface area contributed by atoms with Crippen molar-refractivity contribution >= 4 is 13.5 Å². The summed E-state index contributed by atoms with van der Waals surface area (Å²) in [6, 6.07) is 5.32. The molecule has 1 heterocycles. The van der Waals surface area contributed by atoms with E-state index in [-0.39, 0.29) is 5.56 Å². The molecule has 4 heteroatoms. The lowest BCUT2D eigenvalue weighted by molar-refractivity contribution is 0.0694. The Kier molecular flexibility index (Phi) is 1.43. The zero-order chi connectivity index (χ0) is 9.71. The second kappa shape index (κ2) is 2.53. The molecule has 1 fully saturated rings. The van der Waals surface area contributed by atoms with Gasteiger partial charge < -0.3 is 9.76 Å². The number of aromatic carboxylic acids is 1. The number of benzene rings is 1. The Balaban J connectivity index is 2.15. The van der Waals surface area contributed by atoms with Gasteiger partial charge in [0.25, 0.3) is 0 Å². The Bertz CT molecular complexity index is 416. The van der Waals surface area contributed by atoms with Crippen LogP contribution < -0.4 is 4.65 Å². The predicted molar refractivity (Wildman–Crippen MR) is 50.9 cm³/mol. The van der Waals surface area contributed by atoms with Crippen molar-refractivity contribution in [1.29, 1.82) is 0 Å². The average Bonchev–Trinajstić information content (AvgIpc) is 2.95. The largest absolute Gasteiger partial charge is 0.562 e. The lowest BCUT2D eigenvalue weighted by Crippen LogP contribution is -2.13. The van der Waals surface area contributed by atoms with Gasteiger partial charge in [0.1, 0.15) is 5.75 Å². The van der Waals surface area contributed by atoms with Crippen LogP contribution in [-0.2, 0) is 0 Å². The van der Waals surface area contributed by atoms with E-state index in [1.165, 1.54) is 0 Å². The van der Waals surface area contributed by atoms with Gasteiger partial charge in [-0.25, -0.2) is 4.79 Å². The number of carboxylic acid groups (broad SMARTS) is 1. The first-order valence-electron chi connectivity index (χ1n) is 4.63. The first-order valence-corrected chi connectivity index (χ1v) is 4.63. The van der Waals surface area contributed by atoms with E-state index < -0.39 is 5.97 Å². The van der Waals surface area contributed by atoms with E-state index >= 15 is 0 Å². The van der Waals surface area contributed by atoms with Crippen molar-refractivity contribution in [3.63, 3.8) is 0 Å². The second-order valence-corrected chi connectivity index (χ2v) is 3.79. The number of fused-ring (bicyclic) bond motifs is 3. The molecule has 1 radical (unpaired) electrons.